The summed E-state index contributed by atoms with van der Waals surface area (Å²) in [6.07, 6.45) is 5.22. The van der Waals surface area contributed by atoms with Gasteiger partial charge in [-0.1, -0.05) is 12.1 Å². The minimum absolute atomic E-state index is 0.479. The number of hydrogen-bond donors (Lipinski definition) is 0. The Labute approximate surface area is 100 Å². The van der Waals surface area contributed by atoms with Crippen LogP contribution in [0.5, 0.6) is 5.88 Å². The van der Waals surface area contributed by atoms with Gasteiger partial charge < -0.3 is 4.74 Å². The number of ether oxygens (including phenoxy) is 1. The monoisotopic (exact) mass is 226 g/mol. The summed E-state index contributed by atoms with van der Waals surface area (Å²) in [6.45, 7) is 0.479. The van der Waals surface area contributed by atoms with Crippen molar-refractivity contribution in [2.45, 2.75) is 25.9 Å². The van der Waals surface area contributed by atoms with Gasteiger partial charge in [-0.25, -0.2) is 4.98 Å². The van der Waals surface area contributed by atoms with Crippen LogP contribution in [0.25, 0.3) is 0 Å². The maximum absolute atomic E-state index is 5.64. The minimum Gasteiger partial charge on any atom is -0.471 e. The van der Waals surface area contributed by atoms with Gasteiger partial charge in [-0.15, -0.1) is 0 Å². The van der Waals surface area contributed by atoms with Crippen molar-refractivity contribution in [1.29, 1.82) is 0 Å². The van der Waals surface area contributed by atoms with Gasteiger partial charge >= 0.3 is 0 Å². The van der Waals surface area contributed by atoms with E-state index in [1.807, 2.05) is 24.3 Å². The third-order valence-corrected chi connectivity index (χ3v) is 3.00. The highest BCUT2D eigenvalue weighted by Gasteiger charge is 2.12. The predicted octanol–water partition coefficient (Wildman–Crippen LogP) is 2.54. The van der Waals surface area contributed by atoms with Gasteiger partial charge in [0.15, 0.2) is 0 Å². The van der Waals surface area contributed by atoms with Crippen LogP contribution in [0.1, 0.15) is 23.4 Å². The SMILES string of the molecule is c1ccc(COc2ccc3c(n2)CCC3)nc1. The average molecular weight is 226 g/mol. The molecule has 0 saturated carbocycles. The van der Waals surface area contributed by atoms with Gasteiger partial charge in [-0.2, -0.15) is 0 Å². The highest BCUT2D eigenvalue weighted by atomic mass is 16.5. The minimum atomic E-state index is 0.479. The third-order valence-electron chi connectivity index (χ3n) is 3.00. The molecule has 3 nitrogen and oxygen atoms in total. The summed E-state index contributed by atoms with van der Waals surface area (Å²) in [5, 5.41) is 0. The smallest absolute Gasteiger partial charge is 0.213 e. The van der Waals surface area contributed by atoms with E-state index >= 15 is 0 Å². The van der Waals surface area contributed by atoms with E-state index in [2.05, 4.69) is 16.0 Å². The molecule has 0 radical (unpaired) electrons. The van der Waals surface area contributed by atoms with Crippen LogP contribution < -0.4 is 4.74 Å². The van der Waals surface area contributed by atoms with Crippen LogP contribution in [0.15, 0.2) is 36.5 Å². The van der Waals surface area contributed by atoms with Crippen molar-refractivity contribution in [3.8, 4) is 5.88 Å². The summed E-state index contributed by atoms with van der Waals surface area (Å²) in [4.78, 5) is 8.73. The molecule has 3 heteroatoms. The van der Waals surface area contributed by atoms with Crippen molar-refractivity contribution in [3.63, 3.8) is 0 Å². The van der Waals surface area contributed by atoms with E-state index in [0.29, 0.717) is 12.5 Å². The fourth-order valence-corrected chi connectivity index (χ4v) is 2.11. The lowest BCUT2D eigenvalue weighted by molar-refractivity contribution is 0.288. The van der Waals surface area contributed by atoms with Crippen LogP contribution in [0.4, 0.5) is 0 Å². The zero-order valence-electron chi connectivity index (χ0n) is 9.60. The number of aryl methyl sites for hydroxylation is 2. The first-order valence-electron chi connectivity index (χ1n) is 5.93. The molecule has 0 aromatic carbocycles. The van der Waals surface area contributed by atoms with Crippen molar-refractivity contribution < 1.29 is 4.74 Å². The first kappa shape index (κ1) is 10.3. The molecule has 0 amide bonds. The molecule has 2 aromatic rings. The molecule has 0 fully saturated rings. The predicted molar refractivity (Wildman–Crippen MR) is 64.8 cm³/mol. The maximum atomic E-state index is 5.64. The molecule has 0 bridgehead atoms. The van der Waals surface area contributed by atoms with Crippen LogP contribution in [0.2, 0.25) is 0 Å². The first-order valence-corrected chi connectivity index (χ1v) is 5.93. The summed E-state index contributed by atoms with van der Waals surface area (Å²) in [5.74, 6) is 0.705. The maximum Gasteiger partial charge on any atom is 0.213 e. The Balaban J connectivity index is 1.70. The Bertz CT molecular complexity index is 511. The summed E-state index contributed by atoms with van der Waals surface area (Å²) < 4.78 is 5.64. The normalized spacial score (nSPS) is 13.4. The Morgan fingerprint density at radius 2 is 2.12 bits per heavy atom. The molecule has 0 atom stereocenters. The number of rotatable bonds is 3. The molecule has 0 saturated heterocycles. The fourth-order valence-electron chi connectivity index (χ4n) is 2.11. The summed E-state index contributed by atoms with van der Waals surface area (Å²) in [6, 6.07) is 9.89. The molecule has 3 rings (SSSR count). The van der Waals surface area contributed by atoms with Crippen LogP contribution in [0, 0.1) is 0 Å². The average Bonchev–Trinajstić information content (AvgIpc) is 2.85. The quantitative estimate of drug-likeness (QED) is 0.806. The highest BCUT2D eigenvalue weighted by Crippen LogP contribution is 2.22. The molecular formula is C14H14N2O. The summed E-state index contributed by atoms with van der Waals surface area (Å²) >= 11 is 0. The van der Waals surface area contributed by atoms with Crippen molar-refractivity contribution in [2.24, 2.45) is 0 Å². The van der Waals surface area contributed by atoms with E-state index < -0.39 is 0 Å². The van der Waals surface area contributed by atoms with E-state index in [9.17, 15) is 0 Å². The van der Waals surface area contributed by atoms with Crippen LogP contribution in [-0.4, -0.2) is 9.97 Å². The lowest BCUT2D eigenvalue weighted by atomic mass is 10.2. The first-order chi connectivity index (χ1) is 8.42. The largest absolute Gasteiger partial charge is 0.471 e. The second-order valence-corrected chi connectivity index (χ2v) is 4.22. The molecule has 86 valence electrons. The van der Waals surface area contributed by atoms with Crippen LogP contribution in [0.3, 0.4) is 0 Å². The van der Waals surface area contributed by atoms with E-state index in [-0.39, 0.29) is 0 Å². The number of aromatic nitrogens is 2. The van der Waals surface area contributed by atoms with Gasteiger partial charge in [0.2, 0.25) is 5.88 Å². The van der Waals surface area contributed by atoms with Gasteiger partial charge in [0.1, 0.15) is 6.61 Å². The van der Waals surface area contributed by atoms with Gasteiger partial charge in [0, 0.05) is 18.0 Å². The van der Waals surface area contributed by atoms with Gasteiger partial charge in [0.05, 0.1) is 5.69 Å². The molecule has 2 heterocycles. The standard InChI is InChI=1S/C14H14N2O/c1-2-9-15-12(5-1)10-17-14-8-7-11-4-3-6-13(11)16-14/h1-2,5,7-9H,3-4,6,10H2. The zero-order chi connectivity index (χ0) is 11.5. The van der Waals surface area contributed by atoms with Crippen LogP contribution in [-0.2, 0) is 19.4 Å². The highest BCUT2D eigenvalue weighted by molar-refractivity contribution is 5.29. The van der Waals surface area contributed by atoms with Gasteiger partial charge in [-0.05, 0) is 37.0 Å². The Morgan fingerprint density at radius 1 is 1.12 bits per heavy atom. The van der Waals surface area contributed by atoms with E-state index in [1.165, 1.54) is 17.7 Å². The van der Waals surface area contributed by atoms with Crippen molar-refractivity contribution in [1.82, 2.24) is 9.97 Å². The Morgan fingerprint density at radius 3 is 3.00 bits per heavy atom. The molecular weight excluding hydrogens is 212 g/mol. The van der Waals surface area contributed by atoms with Gasteiger partial charge in [-0.3, -0.25) is 4.98 Å². The number of nitrogens with zero attached hydrogens (tertiary/aromatic N) is 2. The number of fused-ring (bicyclic) bond motifs is 1. The molecule has 0 unspecified atom stereocenters. The fraction of sp³-hybridized carbons (Fsp3) is 0.286. The summed E-state index contributed by atoms with van der Waals surface area (Å²) in [5.41, 5.74) is 3.49. The molecule has 0 N–H and O–H groups in total. The van der Waals surface area contributed by atoms with Crippen molar-refractivity contribution in [3.05, 3.63) is 53.5 Å². The van der Waals surface area contributed by atoms with E-state index in [0.717, 1.165) is 18.5 Å². The molecule has 1 aliphatic rings. The summed E-state index contributed by atoms with van der Waals surface area (Å²) in [7, 11) is 0. The molecule has 2 aromatic heterocycles. The number of hydrogen-bond acceptors (Lipinski definition) is 3. The molecule has 1 aliphatic carbocycles. The lowest BCUT2D eigenvalue weighted by Crippen LogP contribution is -2.00. The lowest BCUT2D eigenvalue weighted by Gasteiger charge is -2.06. The van der Waals surface area contributed by atoms with Gasteiger partial charge in [0.25, 0.3) is 0 Å². The molecule has 17 heavy (non-hydrogen) atoms. The van der Waals surface area contributed by atoms with Crippen molar-refractivity contribution >= 4 is 0 Å². The Kier molecular flexibility index (Phi) is 2.74. The Hall–Kier alpha value is -1.90. The van der Waals surface area contributed by atoms with Crippen LogP contribution >= 0.6 is 0 Å². The third kappa shape index (κ3) is 2.28. The second-order valence-electron chi connectivity index (χ2n) is 4.22. The molecule has 0 aliphatic heterocycles. The number of pyridine rings is 2. The van der Waals surface area contributed by atoms with Crippen molar-refractivity contribution in [2.75, 3.05) is 0 Å². The topological polar surface area (TPSA) is 35.0 Å². The molecule has 0 spiro atoms. The zero-order valence-corrected chi connectivity index (χ0v) is 9.60. The second kappa shape index (κ2) is 4.53. The van der Waals surface area contributed by atoms with E-state index in [1.54, 1.807) is 6.20 Å². The van der Waals surface area contributed by atoms with E-state index in [4.69, 9.17) is 4.74 Å².